The van der Waals surface area contributed by atoms with Crippen LogP contribution in [0.15, 0.2) is 6.33 Å². The van der Waals surface area contributed by atoms with Gasteiger partial charge in [-0.25, -0.2) is 15.0 Å². The Morgan fingerprint density at radius 3 is 2.94 bits per heavy atom. The molecule has 0 radical (unpaired) electrons. The minimum Gasteiger partial charge on any atom is -0.387 e. The molecule has 2 aromatic heterocycles. The Hall–Kier alpha value is -3.31. The number of aliphatic hydroxyl groups is 3. The van der Waals surface area contributed by atoms with Crippen LogP contribution in [0.2, 0.25) is 0 Å². The van der Waals surface area contributed by atoms with Crippen molar-refractivity contribution in [2.24, 2.45) is 0 Å². The normalized spacial score (nSPS) is 29.8. The van der Waals surface area contributed by atoms with E-state index in [4.69, 9.17) is 10.5 Å². The Labute approximate surface area is 188 Å². The highest BCUT2D eigenvalue weighted by Gasteiger charge is 2.47. The summed E-state index contributed by atoms with van der Waals surface area (Å²) in [7, 11) is 0. The summed E-state index contributed by atoms with van der Waals surface area (Å²) < 4.78 is 6.93. The van der Waals surface area contributed by atoms with E-state index < -0.39 is 42.0 Å². The van der Waals surface area contributed by atoms with Crippen molar-refractivity contribution in [3.8, 4) is 11.8 Å². The van der Waals surface area contributed by atoms with Gasteiger partial charge in [0.1, 0.15) is 17.7 Å². The van der Waals surface area contributed by atoms with Gasteiger partial charge < -0.3 is 36.4 Å². The van der Waals surface area contributed by atoms with Crippen LogP contribution < -0.4 is 16.4 Å². The van der Waals surface area contributed by atoms with E-state index in [0.29, 0.717) is 19.5 Å². The highest BCUT2D eigenvalue weighted by atomic mass is 16.6. The molecule has 13 nitrogen and oxygen atoms in total. The largest absolute Gasteiger partial charge is 0.387 e. The van der Waals surface area contributed by atoms with Gasteiger partial charge in [-0.15, -0.1) is 0 Å². The number of nitrogens with two attached hydrogens (primary N) is 1. The van der Waals surface area contributed by atoms with Crippen molar-refractivity contribution < 1.29 is 29.6 Å². The maximum absolute atomic E-state index is 12.2. The number of aliphatic hydroxyl groups excluding tert-OH is 2. The summed E-state index contributed by atoms with van der Waals surface area (Å²) >= 11 is 0. The Balaban J connectivity index is 1.68. The summed E-state index contributed by atoms with van der Waals surface area (Å²) in [6.07, 6.45) is -2.57. The lowest BCUT2D eigenvalue weighted by Crippen LogP contribution is -2.44. The molecule has 13 heteroatoms. The van der Waals surface area contributed by atoms with Crippen LogP contribution in [-0.2, 0) is 14.3 Å². The zero-order chi connectivity index (χ0) is 23.8. The van der Waals surface area contributed by atoms with Crippen LogP contribution in [0, 0.1) is 11.8 Å². The van der Waals surface area contributed by atoms with E-state index in [2.05, 4.69) is 37.4 Å². The average Bonchev–Trinajstić information content (AvgIpc) is 3.28. The number of nitrogens with one attached hydrogen (secondary N) is 2. The molecular formula is C20H25N7O6. The van der Waals surface area contributed by atoms with Gasteiger partial charge in [0.05, 0.1) is 6.33 Å². The number of carbonyl (C=O) groups is 2. The molecule has 2 aliphatic rings. The van der Waals surface area contributed by atoms with Crippen LogP contribution in [-0.4, -0.2) is 83.7 Å². The van der Waals surface area contributed by atoms with Gasteiger partial charge in [-0.2, -0.15) is 0 Å². The highest BCUT2D eigenvalue weighted by molar-refractivity contribution is 5.89. The Morgan fingerprint density at radius 2 is 2.18 bits per heavy atom. The molecule has 0 saturated carbocycles. The first-order valence-corrected chi connectivity index (χ1v) is 10.6. The molecule has 2 aliphatic heterocycles. The number of aromatic nitrogens is 4. The number of rotatable bonds is 3. The summed E-state index contributed by atoms with van der Waals surface area (Å²) in [5.41, 5.74) is 4.44. The molecule has 2 aromatic rings. The van der Waals surface area contributed by atoms with Crippen LogP contribution in [0.5, 0.6) is 0 Å². The monoisotopic (exact) mass is 459 g/mol. The summed E-state index contributed by atoms with van der Waals surface area (Å²) in [6.45, 7) is 2.51. The zero-order valence-corrected chi connectivity index (χ0v) is 17.9. The fourth-order valence-corrected chi connectivity index (χ4v) is 3.81. The highest BCUT2D eigenvalue weighted by Crippen LogP contribution is 2.32. The van der Waals surface area contributed by atoms with Gasteiger partial charge in [0, 0.05) is 13.1 Å². The molecule has 0 bridgehead atoms. The third kappa shape index (κ3) is 4.21. The van der Waals surface area contributed by atoms with Gasteiger partial charge in [-0.05, 0) is 38.0 Å². The minimum absolute atomic E-state index is 0.0198. The Kier molecular flexibility index (Phi) is 6.17. The minimum atomic E-state index is -1.88. The summed E-state index contributed by atoms with van der Waals surface area (Å²) in [4.78, 5) is 36.8. The number of likely N-dealkylation sites (N-methyl/N-ethyl adjacent to an activating group) is 1. The molecule has 0 aliphatic carbocycles. The number of imidazole rings is 1. The van der Waals surface area contributed by atoms with E-state index in [9.17, 15) is 24.9 Å². The SMILES string of the molecule is CCNC(=O)C1OC(n2cnc3c(N)nc(C#CC4(O)CCCCNC4=O)nc32)C(O)C1O. The van der Waals surface area contributed by atoms with E-state index in [1.54, 1.807) is 6.92 Å². The summed E-state index contributed by atoms with van der Waals surface area (Å²) in [5, 5.41) is 36.6. The lowest BCUT2D eigenvalue weighted by molar-refractivity contribution is -0.137. The number of hydrogen-bond donors (Lipinski definition) is 6. The van der Waals surface area contributed by atoms with Crippen molar-refractivity contribution in [3.63, 3.8) is 0 Å². The zero-order valence-electron chi connectivity index (χ0n) is 17.9. The van der Waals surface area contributed by atoms with Gasteiger partial charge >= 0.3 is 0 Å². The maximum atomic E-state index is 12.2. The number of hydrogen-bond acceptors (Lipinski definition) is 10. The summed E-state index contributed by atoms with van der Waals surface area (Å²) in [6, 6.07) is 0. The molecule has 5 atom stereocenters. The molecule has 4 rings (SSSR count). The number of amides is 2. The van der Waals surface area contributed by atoms with Gasteiger partial charge in [0.15, 0.2) is 23.8 Å². The molecule has 2 amide bonds. The fourth-order valence-electron chi connectivity index (χ4n) is 3.81. The van der Waals surface area contributed by atoms with Gasteiger partial charge in [-0.1, -0.05) is 0 Å². The average molecular weight is 459 g/mol. The second-order valence-electron chi connectivity index (χ2n) is 7.90. The molecule has 5 unspecified atom stereocenters. The molecule has 33 heavy (non-hydrogen) atoms. The van der Waals surface area contributed by atoms with E-state index in [1.807, 2.05) is 0 Å². The van der Waals surface area contributed by atoms with E-state index in [1.165, 1.54) is 10.9 Å². The maximum Gasteiger partial charge on any atom is 0.264 e. The molecule has 2 saturated heterocycles. The number of carbonyl (C=O) groups excluding carboxylic acids is 2. The standard InChI is InChI=1S/C20H25N7O6/c1-2-22-17(30)14-12(28)13(29)18(33-14)27-9-24-11-15(21)25-10(26-16(11)27)5-7-20(32)6-3-4-8-23-19(20)31/h9,12-14,18,28-29,32H,2-4,6,8H2,1H3,(H,22,30)(H,23,31)(H2,21,25,26). The molecule has 4 heterocycles. The van der Waals surface area contributed by atoms with Crippen LogP contribution in [0.4, 0.5) is 5.82 Å². The first-order chi connectivity index (χ1) is 15.7. The van der Waals surface area contributed by atoms with Crippen molar-refractivity contribution in [1.29, 1.82) is 0 Å². The predicted molar refractivity (Wildman–Crippen MR) is 113 cm³/mol. The number of fused-ring (bicyclic) bond motifs is 1. The van der Waals surface area contributed by atoms with Crippen LogP contribution in [0.1, 0.15) is 38.2 Å². The van der Waals surface area contributed by atoms with Gasteiger partial charge in [0.2, 0.25) is 11.4 Å². The van der Waals surface area contributed by atoms with Crippen LogP contribution >= 0.6 is 0 Å². The third-order valence-corrected chi connectivity index (χ3v) is 5.58. The van der Waals surface area contributed by atoms with Crippen molar-refractivity contribution in [1.82, 2.24) is 30.2 Å². The molecule has 2 fully saturated rings. The lowest BCUT2D eigenvalue weighted by Gasteiger charge is -2.17. The van der Waals surface area contributed by atoms with Crippen molar-refractivity contribution in [2.45, 2.75) is 56.3 Å². The first kappa shape index (κ1) is 22.9. The second kappa shape index (κ2) is 8.91. The Bertz CT molecular complexity index is 1140. The number of anilines is 1. The smallest absolute Gasteiger partial charge is 0.264 e. The molecule has 0 aromatic carbocycles. The first-order valence-electron chi connectivity index (χ1n) is 10.6. The summed E-state index contributed by atoms with van der Waals surface area (Å²) in [5.74, 6) is 3.89. The number of nitrogens with zero attached hydrogens (tertiary/aromatic N) is 4. The van der Waals surface area contributed by atoms with E-state index in [0.717, 1.165) is 6.42 Å². The van der Waals surface area contributed by atoms with Gasteiger partial charge in [0.25, 0.3) is 11.8 Å². The topological polar surface area (TPSA) is 198 Å². The van der Waals surface area contributed by atoms with Crippen molar-refractivity contribution >= 4 is 28.8 Å². The molecule has 0 spiro atoms. The van der Waals surface area contributed by atoms with E-state index in [-0.39, 0.29) is 29.2 Å². The second-order valence-corrected chi connectivity index (χ2v) is 7.90. The van der Waals surface area contributed by atoms with Crippen molar-refractivity contribution in [2.75, 3.05) is 18.8 Å². The molecule has 7 N–H and O–H groups in total. The fraction of sp³-hybridized carbons (Fsp3) is 0.550. The predicted octanol–water partition coefficient (Wildman–Crippen LogP) is -2.45. The lowest BCUT2D eigenvalue weighted by atomic mass is 9.98. The number of nitrogen functional groups attached to an aromatic ring is 1. The molecular weight excluding hydrogens is 434 g/mol. The van der Waals surface area contributed by atoms with Crippen molar-refractivity contribution in [3.05, 3.63) is 12.2 Å². The quantitative estimate of drug-likeness (QED) is 0.268. The number of ether oxygens (including phenoxy) is 1. The van der Waals surface area contributed by atoms with Crippen LogP contribution in [0.25, 0.3) is 11.2 Å². The third-order valence-electron chi connectivity index (χ3n) is 5.58. The Morgan fingerprint density at radius 1 is 1.39 bits per heavy atom. The molecule has 176 valence electrons. The van der Waals surface area contributed by atoms with Gasteiger partial charge in [-0.3, -0.25) is 14.2 Å². The van der Waals surface area contributed by atoms with Crippen LogP contribution in [0.3, 0.4) is 0 Å². The van der Waals surface area contributed by atoms with E-state index >= 15 is 0 Å².